The maximum Gasteiger partial charge on any atom is 0.150 e. The van der Waals surface area contributed by atoms with Crippen LogP contribution in [0.3, 0.4) is 0 Å². The lowest BCUT2D eigenvalue weighted by Gasteiger charge is -2.07. The second-order valence-electron chi connectivity index (χ2n) is 5.66. The summed E-state index contributed by atoms with van der Waals surface area (Å²) in [6.45, 7) is 0.572. The van der Waals surface area contributed by atoms with Gasteiger partial charge in [-0.1, -0.05) is 23.2 Å². The number of nitrogens with two attached hydrogens (primary N) is 1. The van der Waals surface area contributed by atoms with Crippen molar-refractivity contribution in [3.8, 4) is 11.3 Å². The average molecular weight is 369 g/mol. The molecule has 24 heavy (non-hydrogen) atoms. The Labute approximate surface area is 148 Å². The monoisotopic (exact) mass is 368 g/mol. The lowest BCUT2D eigenvalue weighted by Crippen LogP contribution is -1.99. The molecule has 1 aromatic heterocycles. The lowest BCUT2D eigenvalue weighted by atomic mass is 10.00. The van der Waals surface area contributed by atoms with Gasteiger partial charge in [-0.3, -0.25) is 0 Å². The number of hydrogen-bond acceptors (Lipinski definition) is 1. The molecule has 0 spiro atoms. The molecule has 126 valence electrons. The van der Waals surface area contributed by atoms with Gasteiger partial charge in [0.15, 0.2) is 0 Å². The summed E-state index contributed by atoms with van der Waals surface area (Å²) >= 11 is 12.3. The molecule has 6 heteroatoms. The fourth-order valence-corrected chi connectivity index (χ4v) is 3.40. The summed E-state index contributed by atoms with van der Waals surface area (Å²) in [6.07, 6.45) is 2.30. The van der Waals surface area contributed by atoms with Crippen molar-refractivity contribution < 1.29 is 8.78 Å². The van der Waals surface area contributed by atoms with Gasteiger partial charge in [-0.15, -0.1) is 0 Å². The van der Waals surface area contributed by atoms with Crippen molar-refractivity contribution in [3.63, 3.8) is 0 Å². The average Bonchev–Trinajstić information content (AvgIpc) is 2.86. The second kappa shape index (κ2) is 7.09. The molecule has 0 saturated carbocycles. The number of halogens is 4. The van der Waals surface area contributed by atoms with Gasteiger partial charge in [-0.25, -0.2) is 8.78 Å². The maximum atomic E-state index is 14.2. The summed E-state index contributed by atoms with van der Waals surface area (Å²) in [5, 5.41) is 1.50. The topological polar surface area (TPSA) is 41.8 Å². The van der Waals surface area contributed by atoms with Crippen molar-refractivity contribution in [3.05, 3.63) is 57.6 Å². The van der Waals surface area contributed by atoms with E-state index >= 15 is 0 Å². The third kappa shape index (κ3) is 3.27. The van der Waals surface area contributed by atoms with Gasteiger partial charge < -0.3 is 10.7 Å². The highest BCUT2D eigenvalue weighted by Gasteiger charge is 2.18. The van der Waals surface area contributed by atoms with Gasteiger partial charge in [0, 0.05) is 22.0 Å². The van der Waals surface area contributed by atoms with Gasteiger partial charge in [0.05, 0.1) is 16.2 Å². The standard InChI is InChI=1S/C18H16Cl2F2N2/c19-10-4-5-13(15(20)7-10)17-12(3-1-2-6-23)14-8-11(21)9-16(22)18(14)24-17/h4-5,7-9,24H,1-3,6,23H2. The smallest absolute Gasteiger partial charge is 0.150 e. The Hall–Kier alpha value is -1.62. The number of hydrogen-bond donors (Lipinski definition) is 2. The zero-order valence-corrected chi connectivity index (χ0v) is 14.3. The van der Waals surface area contributed by atoms with Crippen molar-refractivity contribution in [1.29, 1.82) is 0 Å². The van der Waals surface area contributed by atoms with Crippen LogP contribution in [0.2, 0.25) is 10.0 Å². The van der Waals surface area contributed by atoms with Crippen LogP contribution in [0.5, 0.6) is 0 Å². The Bertz CT molecular complexity index is 890. The molecule has 0 amide bonds. The van der Waals surface area contributed by atoms with Crippen molar-refractivity contribution >= 4 is 34.1 Å². The minimum Gasteiger partial charge on any atom is -0.352 e. The van der Waals surface area contributed by atoms with E-state index in [4.69, 9.17) is 28.9 Å². The van der Waals surface area contributed by atoms with Crippen LogP contribution in [0.1, 0.15) is 18.4 Å². The summed E-state index contributed by atoms with van der Waals surface area (Å²) in [4.78, 5) is 3.06. The normalized spacial score (nSPS) is 11.4. The minimum absolute atomic E-state index is 0.278. The molecule has 0 aliphatic heterocycles. The number of aryl methyl sites for hydroxylation is 1. The van der Waals surface area contributed by atoms with E-state index in [1.54, 1.807) is 18.2 Å². The first kappa shape index (κ1) is 17.2. The number of benzene rings is 2. The molecule has 0 radical (unpaired) electrons. The number of aromatic nitrogens is 1. The molecular formula is C18H16Cl2F2N2. The van der Waals surface area contributed by atoms with Crippen LogP contribution in [0.4, 0.5) is 8.78 Å². The number of H-pyrrole nitrogens is 1. The molecule has 3 aromatic rings. The molecule has 1 heterocycles. The minimum atomic E-state index is -0.624. The molecule has 0 aliphatic rings. The largest absolute Gasteiger partial charge is 0.352 e. The molecule has 0 bridgehead atoms. The van der Waals surface area contributed by atoms with E-state index < -0.39 is 11.6 Å². The van der Waals surface area contributed by atoms with Gasteiger partial charge in [-0.05, 0) is 55.6 Å². The van der Waals surface area contributed by atoms with Crippen molar-refractivity contribution in [1.82, 2.24) is 4.98 Å². The fourth-order valence-electron chi connectivity index (χ4n) is 2.90. The number of aromatic amines is 1. The van der Waals surface area contributed by atoms with E-state index in [0.717, 1.165) is 24.5 Å². The molecule has 0 aliphatic carbocycles. The molecule has 2 aromatic carbocycles. The van der Waals surface area contributed by atoms with Crippen molar-refractivity contribution in [2.24, 2.45) is 5.73 Å². The first-order chi connectivity index (χ1) is 11.5. The zero-order valence-electron chi connectivity index (χ0n) is 12.8. The van der Waals surface area contributed by atoms with Crippen molar-refractivity contribution in [2.45, 2.75) is 19.3 Å². The molecular weight excluding hydrogens is 353 g/mol. The SMILES string of the molecule is NCCCCc1c(-c2ccc(Cl)cc2Cl)[nH]c2c(F)cc(F)cc12. The van der Waals surface area contributed by atoms with E-state index in [1.165, 1.54) is 6.07 Å². The highest BCUT2D eigenvalue weighted by atomic mass is 35.5. The van der Waals surface area contributed by atoms with E-state index in [1.807, 2.05) is 0 Å². The number of rotatable bonds is 5. The van der Waals surface area contributed by atoms with Crippen LogP contribution in [0.15, 0.2) is 30.3 Å². The third-order valence-corrected chi connectivity index (χ3v) is 4.56. The molecule has 2 nitrogen and oxygen atoms in total. The van der Waals surface area contributed by atoms with Gasteiger partial charge in [-0.2, -0.15) is 0 Å². The summed E-state index contributed by atoms with van der Waals surface area (Å²) < 4.78 is 27.9. The van der Waals surface area contributed by atoms with Crippen LogP contribution in [0, 0.1) is 11.6 Å². The zero-order chi connectivity index (χ0) is 17.3. The van der Waals surface area contributed by atoms with Crippen LogP contribution in [-0.4, -0.2) is 11.5 Å². The van der Waals surface area contributed by atoms with E-state index in [2.05, 4.69) is 4.98 Å². The molecule has 0 saturated heterocycles. The molecule has 0 atom stereocenters. The summed E-state index contributed by atoms with van der Waals surface area (Å²) in [5.41, 5.74) is 8.06. The lowest BCUT2D eigenvalue weighted by molar-refractivity contribution is 0.591. The van der Waals surface area contributed by atoms with Gasteiger partial charge in [0.25, 0.3) is 0 Å². The van der Waals surface area contributed by atoms with Crippen LogP contribution < -0.4 is 5.73 Å². The summed E-state index contributed by atoms with van der Waals surface area (Å²) in [7, 11) is 0. The number of unbranched alkanes of at least 4 members (excludes halogenated alkanes) is 1. The predicted molar refractivity (Wildman–Crippen MR) is 95.7 cm³/mol. The highest BCUT2D eigenvalue weighted by Crippen LogP contribution is 2.37. The first-order valence-electron chi connectivity index (χ1n) is 7.66. The number of fused-ring (bicyclic) bond motifs is 1. The van der Waals surface area contributed by atoms with Crippen molar-refractivity contribution in [2.75, 3.05) is 6.54 Å². The Morgan fingerprint density at radius 2 is 1.83 bits per heavy atom. The summed E-state index contributed by atoms with van der Waals surface area (Å²) in [6, 6.07) is 7.34. The highest BCUT2D eigenvalue weighted by molar-refractivity contribution is 6.36. The second-order valence-corrected chi connectivity index (χ2v) is 6.50. The molecule has 0 unspecified atom stereocenters. The maximum absolute atomic E-state index is 14.2. The van der Waals surface area contributed by atoms with E-state index in [-0.39, 0.29) is 5.52 Å². The van der Waals surface area contributed by atoms with E-state index in [9.17, 15) is 8.78 Å². The predicted octanol–water partition coefficient (Wildman–Crippen LogP) is 5.70. The van der Waals surface area contributed by atoms with Crippen LogP contribution in [0.25, 0.3) is 22.2 Å². The van der Waals surface area contributed by atoms with Crippen LogP contribution in [-0.2, 0) is 6.42 Å². The van der Waals surface area contributed by atoms with Gasteiger partial charge in [0.1, 0.15) is 11.6 Å². The van der Waals surface area contributed by atoms with Gasteiger partial charge >= 0.3 is 0 Å². The van der Waals surface area contributed by atoms with Crippen LogP contribution >= 0.6 is 23.2 Å². The Balaban J connectivity index is 2.21. The Morgan fingerprint density at radius 3 is 2.54 bits per heavy atom. The Morgan fingerprint density at radius 1 is 1.04 bits per heavy atom. The quantitative estimate of drug-likeness (QED) is 0.557. The number of nitrogens with one attached hydrogen (secondary N) is 1. The molecule has 3 rings (SSSR count). The molecule has 3 N–H and O–H groups in total. The van der Waals surface area contributed by atoms with Gasteiger partial charge in [0.2, 0.25) is 0 Å². The molecule has 0 fully saturated rings. The van der Waals surface area contributed by atoms with E-state index in [0.29, 0.717) is 39.7 Å². The first-order valence-corrected chi connectivity index (χ1v) is 8.42. The fraction of sp³-hybridized carbons (Fsp3) is 0.222. The third-order valence-electron chi connectivity index (χ3n) is 4.01. The summed E-state index contributed by atoms with van der Waals surface area (Å²) in [5.74, 6) is -1.23. The Kier molecular flexibility index (Phi) is 5.09.